The topological polar surface area (TPSA) is 80.9 Å². The molecule has 0 heterocycles. The molecule has 0 aliphatic heterocycles. The number of rotatable bonds is 4. The second kappa shape index (κ2) is 10.5. The first kappa shape index (κ1) is 22.2. The van der Waals surface area contributed by atoms with Crippen LogP contribution in [0, 0.1) is 0 Å². The van der Waals surface area contributed by atoms with E-state index in [1.54, 1.807) is 18.2 Å². The van der Waals surface area contributed by atoms with Crippen LogP contribution in [0.2, 0.25) is 0 Å². The van der Waals surface area contributed by atoms with Crippen molar-refractivity contribution in [3.8, 4) is 23.0 Å². The highest BCUT2D eigenvalue weighted by Crippen LogP contribution is 2.32. The van der Waals surface area contributed by atoms with Crippen LogP contribution < -0.4 is 0 Å². The summed E-state index contributed by atoms with van der Waals surface area (Å²) >= 11 is 3.23. The third-order valence-corrected chi connectivity index (χ3v) is 5.33. The van der Waals surface area contributed by atoms with Crippen LogP contribution in [0.5, 0.6) is 23.0 Å². The molecule has 0 radical (unpaired) electrons. The number of aromatic hydroxyl groups is 4. The van der Waals surface area contributed by atoms with Crippen molar-refractivity contribution in [1.82, 2.24) is 0 Å². The Morgan fingerprint density at radius 1 is 0.516 bits per heavy atom. The van der Waals surface area contributed by atoms with Crippen LogP contribution >= 0.6 is 15.9 Å². The van der Waals surface area contributed by atoms with E-state index in [9.17, 15) is 15.3 Å². The smallest absolute Gasteiger partial charge is 0.133 e. The van der Waals surface area contributed by atoms with Crippen LogP contribution in [0.4, 0.5) is 0 Å². The van der Waals surface area contributed by atoms with Crippen molar-refractivity contribution in [1.29, 1.82) is 0 Å². The van der Waals surface area contributed by atoms with E-state index in [2.05, 4.69) is 15.9 Å². The molecule has 0 saturated carbocycles. The van der Waals surface area contributed by atoms with Crippen LogP contribution in [-0.4, -0.2) is 20.4 Å². The minimum atomic E-state index is 0.0503. The van der Waals surface area contributed by atoms with Crippen LogP contribution in [0.25, 0.3) is 0 Å². The number of hydrogen-bond donors (Lipinski definition) is 4. The molecule has 4 N–H and O–H groups in total. The van der Waals surface area contributed by atoms with Crippen molar-refractivity contribution in [3.05, 3.63) is 118 Å². The molecule has 0 aromatic heterocycles. The lowest BCUT2D eigenvalue weighted by molar-refractivity contribution is 0.444. The number of halogens is 1. The maximum absolute atomic E-state index is 9.70. The molecule has 0 aliphatic rings. The third-order valence-electron chi connectivity index (χ3n) is 4.69. The van der Waals surface area contributed by atoms with Crippen molar-refractivity contribution in [2.45, 2.75) is 12.8 Å². The molecule has 0 aliphatic carbocycles. The SMILES string of the molecule is Oc1cc(O)c(Cc2ccccc2)cc1Br.Oc1ccc(Cc2ccccc2)c(O)c1. The molecule has 31 heavy (non-hydrogen) atoms. The Balaban J connectivity index is 0.000000176. The molecular formula is C26H23BrO4. The predicted molar refractivity (Wildman–Crippen MR) is 126 cm³/mol. The molecule has 0 fully saturated rings. The zero-order valence-electron chi connectivity index (χ0n) is 16.7. The average molecular weight is 479 g/mol. The Bertz CT molecular complexity index is 1130. The summed E-state index contributed by atoms with van der Waals surface area (Å²) in [6, 6.07) is 27.5. The lowest BCUT2D eigenvalue weighted by atomic mass is 10.0. The molecule has 4 aromatic rings. The third kappa shape index (κ3) is 6.52. The summed E-state index contributed by atoms with van der Waals surface area (Å²) in [6.07, 6.45) is 1.32. The van der Waals surface area contributed by atoms with Gasteiger partial charge in [-0.1, -0.05) is 66.7 Å². The van der Waals surface area contributed by atoms with E-state index in [-0.39, 0.29) is 23.0 Å². The van der Waals surface area contributed by atoms with Gasteiger partial charge in [0.15, 0.2) is 0 Å². The molecule has 0 saturated heterocycles. The summed E-state index contributed by atoms with van der Waals surface area (Å²) in [4.78, 5) is 0. The Morgan fingerprint density at radius 3 is 1.58 bits per heavy atom. The summed E-state index contributed by atoms with van der Waals surface area (Å²) in [5, 5.41) is 37.8. The first-order chi connectivity index (χ1) is 14.9. The van der Waals surface area contributed by atoms with E-state index in [0.717, 1.165) is 22.3 Å². The summed E-state index contributed by atoms with van der Waals surface area (Å²) in [7, 11) is 0. The molecular weight excluding hydrogens is 456 g/mol. The van der Waals surface area contributed by atoms with Gasteiger partial charge in [0, 0.05) is 25.0 Å². The fourth-order valence-corrected chi connectivity index (χ4v) is 3.46. The van der Waals surface area contributed by atoms with E-state index >= 15 is 0 Å². The van der Waals surface area contributed by atoms with Crippen molar-refractivity contribution >= 4 is 15.9 Å². The minimum absolute atomic E-state index is 0.0503. The fraction of sp³-hybridized carbons (Fsp3) is 0.0769. The maximum Gasteiger partial charge on any atom is 0.133 e. The number of benzene rings is 4. The van der Waals surface area contributed by atoms with Gasteiger partial charge in [-0.05, 0) is 50.3 Å². The van der Waals surface area contributed by atoms with Gasteiger partial charge in [-0.2, -0.15) is 0 Å². The van der Waals surface area contributed by atoms with Gasteiger partial charge >= 0.3 is 0 Å². The fourth-order valence-electron chi connectivity index (χ4n) is 3.07. The highest BCUT2D eigenvalue weighted by Gasteiger charge is 2.07. The van der Waals surface area contributed by atoms with Gasteiger partial charge in [-0.3, -0.25) is 0 Å². The molecule has 0 spiro atoms. The van der Waals surface area contributed by atoms with Gasteiger partial charge in [0.2, 0.25) is 0 Å². The van der Waals surface area contributed by atoms with E-state index in [0.29, 0.717) is 17.3 Å². The summed E-state index contributed by atoms with van der Waals surface area (Å²) < 4.78 is 0.594. The monoisotopic (exact) mass is 478 g/mol. The Hall–Kier alpha value is -3.44. The van der Waals surface area contributed by atoms with E-state index in [1.165, 1.54) is 12.1 Å². The van der Waals surface area contributed by atoms with Crippen molar-refractivity contribution in [3.63, 3.8) is 0 Å². The molecule has 4 rings (SSSR count). The molecule has 0 bridgehead atoms. The quantitative estimate of drug-likeness (QED) is 0.284. The van der Waals surface area contributed by atoms with Crippen molar-refractivity contribution < 1.29 is 20.4 Å². The summed E-state index contributed by atoms with van der Waals surface area (Å²) in [6.45, 7) is 0. The second-order valence-electron chi connectivity index (χ2n) is 7.07. The number of phenols is 4. The zero-order valence-corrected chi connectivity index (χ0v) is 18.3. The Morgan fingerprint density at radius 2 is 1.03 bits per heavy atom. The number of hydrogen-bond acceptors (Lipinski definition) is 4. The largest absolute Gasteiger partial charge is 0.508 e. The van der Waals surface area contributed by atoms with Crippen LogP contribution in [-0.2, 0) is 12.8 Å². The van der Waals surface area contributed by atoms with Gasteiger partial charge in [0.1, 0.15) is 23.0 Å². The van der Waals surface area contributed by atoms with E-state index in [1.807, 2.05) is 60.7 Å². The second-order valence-corrected chi connectivity index (χ2v) is 7.92. The molecule has 5 heteroatoms. The number of phenolic OH excluding ortho intramolecular Hbond substituents is 4. The van der Waals surface area contributed by atoms with Gasteiger partial charge in [-0.15, -0.1) is 0 Å². The van der Waals surface area contributed by atoms with Gasteiger partial charge < -0.3 is 20.4 Å². The zero-order chi connectivity index (χ0) is 22.2. The van der Waals surface area contributed by atoms with Crippen molar-refractivity contribution in [2.24, 2.45) is 0 Å². The summed E-state index contributed by atoms with van der Waals surface area (Å²) in [5.74, 6) is 0.391. The molecule has 4 nitrogen and oxygen atoms in total. The van der Waals surface area contributed by atoms with Crippen LogP contribution in [0.15, 0.2) is 95.5 Å². The minimum Gasteiger partial charge on any atom is -0.508 e. The van der Waals surface area contributed by atoms with Crippen LogP contribution in [0.1, 0.15) is 22.3 Å². The predicted octanol–water partition coefficient (Wildman–Crippen LogP) is 6.14. The molecule has 0 unspecified atom stereocenters. The molecule has 4 aromatic carbocycles. The Kier molecular flexibility index (Phi) is 7.57. The first-order valence-electron chi connectivity index (χ1n) is 9.71. The molecule has 0 amide bonds. The first-order valence-corrected chi connectivity index (χ1v) is 10.5. The molecule has 0 atom stereocenters. The van der Waals surface area contributed by atoms with E-state index < -0.39 is 0 Å². The highest BCUT2D eigenvalue weighted by atomic mass is 79.9. The standard InChI is InChI=1S/C13H11BrO2.C13H12O2/c14-11-7-10(12(15)8-13(11)16)6-9-4-2-1-3-5-9;14-12-7-6-11(13(15)9-12)8-10-4-2-1-3-5-10/h1-5,7-8,15-16H,6H2;1-7,9,14-15H,8H2. The van der Waals surface area contributed by atoms with Gasteiger partial charge in [-0.25, -0.2) is 0 Å². The summed E-state index contributed by atoms with van der Waals surface area (Å²) in [5.41, 5.74) is 3.86. The molecule has 158 valence electrons. The van der Waals surface area contributed by atoms with E-state index in [4.69, 9.17) is 5.11 Å². The normalized spacial score (nSPS) is 10.2. The van der Waals surface area contributed by atoms with Crippen molar-refractivity contribution in [2.75, 3.05) is 0 Å². The maximum atomic E-state index is 9.70. The lowest BCUT2D eigenvalue weighted by Crippen LogP contribution is -1.89. The average Bonchev–Trinajstić information content (AvgIpc) is 2.76. The lowest BCUT2D eigenvalue weighted by Gasteiger charge is -2.06. The van der Waals surface area contributed by atoms with Gasteiger partial charge in [0.25, 0.3) is 0 Å². The Labute approximate surface area is 189 Å². The van der Waals surface area contributed by atoms with Gasteiger partial charge in [0.05, 0.1) is 4.47 Å². The highest BCUT2D eigenvalue weighted by molar-refractivity contribution is 9.10. The van der Waals surface area contributed by atoms with Crippen LogP contribution in [0.3, 0.4) is 0 Å².